The van der Waals surface area contributed by atoms with Gasteiger partial charge in [0.2, 0.25) is 0 Å². The average Bonchev–Trinajstić information content (AvgIpc) is 3.38. The summed E-state index contributed by atoms with van der Waals surface area (Å²) in [6.45, 7) is 12.5. The first-order valence-corrected chi connectivity index (χ1v) is 18.0. The fourth-order valence-electron chi connectivity index (χ4n) is 11.1. The van der Waals surface area contributed by atoms with Crippen LogP contribution in [-0.2, 0) is 4.74 Å². The first-order valence-electron chi connectivity index (χ1n) is 18.0. The molecular formula is C41H53NO3. The van der Waals surface area contributed by atoms with Gasteiger partial charge in [-0.15, -0.1) is 0 Å². The Bertz CT molecular complexity index is 1680. The molecule has 45 heavy (non-hydrogen) atoms. The summed E-state index contributed by atoms with van der Waals surface area (Å²) in [4.78, 5) is 30.2. The number of ether oxygens (including phenoxy) is 1. The number of hydrogen-bond acceptors (Lipinski definition) is 3. The lowest BCUT2D eigenvalue weighted by molar-refractivity contribution is -0.0594. The maximum Gasteiger partial charge on any atom is 0.340 e. The quantitative estimate of drug-likeness (QED) is 0.165. The molecule has 0 spiro atoms. The third-order valence-corrected chi connectivity index (χ3v) is 13.5. The van der Waals surface area contributed by atoms with Crippen LogP contribution in [0.5, 0.6) is 0 Å². The molecule has 3 saturated carbocycles. The van der Waals surface area contributed by atoms with Crippen molar-refractivity contribution in [2.75, 3.05) is 0 Å². The van der Waals surface area contributed by atoms with Crippen molar-refractivity contribution in [1.82, 2.24) is 4.98 Å². The lowest BCUT2D eigenvalue weighted by atomic mass is 9.47. The summed E-state index contributed by atoms with van der Waals surface area (Å²) in [5.74, 6) is 4.60. The Balaban J connectivity index is 1.06. The first-order chi connectivity index (χ1) is 21.6. The number of carbonyl (C=O) groups excluding carboxylic acids is 1. The number of allylic oxidation sites excluding steroid dienone is 1. The summed E-state index contributed by atoms with van der Waals surface area (Å²) < 4.78 is 6.24. The van der Waals surface area contributed by atoms with Crippen molar-refractivity contribution in [3.05, 3.63) is 69.9 Å². The zero-order chi connectivity index (χ0) is 31.5. The van der Waals surface area contributed by atoms with E-state index in [4.69, 9.17) is 4.74 Å². The highest BCUT2D eigenvalue weighted by atomic mass is 16.5. The van der Waals surface area contributed by atoms with Crippen molar-refractivity contribution < 1.29 is 9.53 Å². The molecule has 4 aliphatic carbocycles. The van der Waals surface area contributed by atoms with Crippen LogP contribution in [0.2, 0.25) is 0 Å². The Hall–Kier alpha value is -2.88. The van der Waals surface area contributed by atoms with E-state index in [0.29, 0.717) is 27.3 Å². The molecule has 0 bridgehead atoms. The Morgan fingerprint density at radius 3 is 2.56 bits per heavy atom. The van der Waals surface area contributed by atoms with Crippen LogP contribution in [0, 0.1) is 46.3 Å². The molecule has 1 N–H and O–H groups in total. The molecule has 0 saturated heterocycles. The van der Waals surface area contributed by atoms with Crippen LogP contribution in [0.25, 0.3) is 21.8 Å². The SMILES string of the molecule is CC(C)CCCC(C)C1CCC2C3CC=C4CC(OC(=O)c5cccc6c(=O)c7ccccc7[nH]c56)CCC4(C)C3CCC12C. The fraction of sp³-hybridized carbons (Fsp3) is 0.610. The molecule has 2 aromatic carbocycles. The molecule has 0 aliphatic heterocycles. The van der Waals surface area contributed by atoms with Gasteiger partial charge in [-0.05, 0) is 116 Å². The number of esters is 1. The summed E-state index contributed by atoms with van der Waals surface area (Å²) in [6, 6.07) is 12.9. The maximum absolute atomic E-state index is 13.6. The maximum atomic E-state index is 13.6. The van der Waals surface area contributed by atoms with Gasteiger partial charge in [0.1, 0.15) is 6.10 Å². The highest BCUT2D eigenvalue weighted by Gasteiger charge is 2.59. The molecule has 4 heteroatoms. The molecule has 0 radical (unpaired) electrons. The highest BCUT2D eigenvalue weighted by Crippen LogP contribution is 2.67. The Kier molecular flexibility index (Phi) is 8.02. The number of hydrogen-bond donors (Lipinski definition) is 1. The van der Waals surface area contributed by atoms with Gasteiger partial charge in [0, 0.05) is 22.7 Å². The zero-order valence-corrected chi connectivity index (χ0v) is 28.2. The number of aromatic amines is 1. The molecule has 8 unspecified atom stereocenters. The number of H-pyrrole nitrogens is 1. The molecule has 1 aromatic heterocycles. The van der Waals surface area contributed by atoms with Crippen molar-refractivity contribution in [3.8, 4) is 0 Å². The van der Waals surface area contributed by atoms with E-state index < -0.39 is 0 Å². The number of nitrogens with one attached hydrogen (secondary N) is 1. The molecule has 3 fully saturated rings. The highest BCUT2D eigenvalue weighted by molar-refractivity contribution is 6.05. The predicted molar refractivity (Wildman–Crippen MR) is 184 cm³/mol. The fourth-order valence-corrected chi connectivity index (χ4v) is 11.1. The van der Waals surface area contributed by atoms with Gasteiger partial charge in [0.25, 0.3) is 0 Å². The second-order valence-electron chi connectivity index (χ2n) is 16.3. The van der Waals surface area contributed by atoms with Gasteiger partial charge >= 0.3 is 5.97 Å². The van der Waals surface area contributed by atoms with Gasteiger partial charge in [-0.1, -0.05) is 83.7 Å². The molecule has 7 rings (SSSR count). The predicted octanol–water partition coefficient (Wildman–Crippen LogP) is 10.2. The molecule has 0 amide bonds. The standard InChI is InChI=1S/C41H53NO3/c1-25(2)10-8-11-26(3)33-18-19-34-29-17-16-27-24-28(20-22-40(27,4)35(29)21-23-41(33,34)5)45-39(44)32-14-9-13-31-37(32)42-36-15-7-6-12-30(36)38(31)43/h6-7,9,12-16,25-26,28-29,33-35H,8,10-11,17-24H2,1-5H3,(H,42,43). The minimum atomic E-state index is -0.331. The van der Waals surface area contributed by atoms with Gasteiger partial charge in [0.15, 0.2) is 5.43 Å². The minimum Gasteiger partial charge on any atom is -0.458 e. The number of aromatic nitrogens is 1. The van der Waals surface area contributed by atoms with Gasteiger partial charge < -0.3 is 9.72 Å². The molecule has 3 aromatic rings. The minimum absolute atomic E-state index is 0.0536. The van der Waals surface area contributed by atoms with E-state index in [-0.39, 0.29) is 22.9 Å². The van der Waals surface area contributed by atoms with Crippen molar-refractivity contribution >= 4 is 27.8 Å². The van der Waals surface area contributed by atoms with Crippen molar-refractivity contribution in [3.63, 3.8) is 0 Å². The third kappa shape index (κ3) is 5.19. The number of rotatable bonds is 7. The van der Waals surface area contributed by atoms with E-state index in [2.05, 4.69) is 45.7 Å². The molecule has 240 valence electrons. The van der Waals surface area contributed by atoms with E-state index in [9.17, 15) is 9.59 Å². The van der Waals surface area contributed by atoms with Crippen LogP contribution in [0.4, 0.5) is 0 Å². The second-order valence-corrected chi connectivity index (χ2v) is 16.3. The molecule has 1 heterocycles. The van der Waals surface area contributed by atoms with Gasteiger partial charge in [-0.3, -0.25) is 4.79 Å². The molecule has 8 atom stereocenters. The van der Waals surface area contributed by atoms with Crippen molar-refractivity contribution in [2.24, 2.45) is 46.3 Å². The lowest BCUT2D eigenvalue weighted by Gasteiger charge is -2.58. The molecule has 4 nitrogen and oxygen atoms in total. The Morgan fingerprint density at radius 1 is 0.933 bits per heavy atom. The largest absolute Gasteiger partial charge is 0.458 e. The normalized spacial score (nSPS) is 33.4. The molecular weight excluding hydrogens is 554 g/mol. The van der Waals surface area contributed by atoms with Crippen LogP contribution in [-0.4, -0.2) is 17.1 Å². The average molecular weight is 608 g/mol. The van der Waals surface area contributed by atoms with Crippen LogP contribution in [0.1, 0.15) is 116 Å². The number of para-hydroxylation sites is 2. The number of fused-ring (bicyclic) bond motifs is 7. The lowest BCUT2D eigenvalue weighted by Crippen LogP contribution is -2.51. The van der Waals surface area contributed by atoms with E-state index in [1.54, 1.807) is 18.2 Å². The van der Waals surface area contributed by atoms with Gasteiger partial charge in [-0.2, -0.15) is 0 Å². The van der Waals surface area contributed by atoms with Crippen molar-refractivity contribution in [2.45, 2.75) is 111 Å². The van der Waals surface area contributed by atoms with E-state index >= 15 is 0 Å². The molecule has 4 aliphatic rings. The van der Waals surface area contributed by atoms with E-state index in [0.717, 1.165) is 60.3 Å². The summed E-state index contributed by atoms with van der Waals surface area (Å²) in [7, 11) is 0. The Labute approximate surface area is 269 Å². The van der Waals surface area contributed by atoms with Gasteiger partial charge in [-0.25, -0.2) is 4.79 Å². The summed E-state index contributed by atoms with van der Waals surface area (Å²) in [6.07, 6.45) is 16.2. The first kappa shape index (κ1) is 30.8. The smallest absolute Gasteiger partial charge is 0.340 e. The van der Waals surface area contributed by atoms with Crippen LogP contribution in [0.3, 0.4) is 0 Å². The van der Waals surface area contributed by atoms with E-state index in [1.807, 2.05) is 24.3 Å². The Morgan fingerprint density at radius 2 is 1.73 bits per heavy atom. The van der Waals surface area contributed by atoms with Crippen LogP contribution >= 0.6 is 0 Å². The van der Waals surface area contributed by atoms with E-state index in [1.165, 1.54) is 56.9 Å². The number of carbonyl (C=O) groups is 1. The van der Waals surface area contributed by atoms with Crippen LogP contribution < -0.4 is 5.43 Å². The van der Waals surface area contributed by atoms with Crippen molar-refractivity contribution in [1.29, 1.82) is 0 Å². The summed E-state index contributed by atoms with van der Waals surface area (Å²) in [5, 5.41) is 1.17. The third-order valence-electron chi connectivity index (χ3n) is 13.5. The zero-order valence-electron chi connectivity index (χ0n) is 28.2. The number of pyridine rings is 1. The summed E-state index contributed by atoms with van der Waals surface area (Å²) >= 11 is 0. The van der Waals surface area contributed by atoms with Crippen LogP contribution in [0.15, 0.2) is 58.9 Å². The summed E-state index contributed by atoms with van der Waals surface area (Å²) in [5.41, 5.74) is 3.95. The van der Waals surface area contributed by atoms with Gasteiger partial charge in [0.05, 0.1) is 11.1 Å². The monoisotopic (exact) mass is 607 g/mol. The topological polar surface area (TPSA) is 59.2 Å². The number of benzene rings is 2. The second kappa shape index (κ2) is 11.7.